The monoisotopic (exact) mass is 659 g/mol. The van der Waals surface area contributed by atoms with Crippen molar-refractivity contribution in [2.75, 3.05) is 6.61 Å². The summed E-state index contributed by atoms with van der Waals surface area (Å²) in [5.74, 6) is -1.70. The van der Waals surface area contributed by atoms with E-state index in [0.717, 1.165) is 38.5 Å². The number of hydrogen-bond acceptors (Lipinski definition) is 8. The Labute approximate surface area is 279 Å². The minimum Gasteiger partial charge on any atom is -0.479 e. The van der Waals surface area contributed by atoms with Crippen LogP contribution in [0.15, 0.2) is 0 Å². The number of aliphatic hydroxyl groups is 4. The Balaban J connectivity index is 2.49. The Bertz CT molecular complexity index is 755. The van der Waals surface area contributed by atoms with Crippen LogP contribution in [0.3, 0.4) is 0 Å². The van der Waals surface area contributed by atoms with Crippen molar-refractivity contribution in [3.63, 3.8) is 0 Å². The second-order valence-corrected chi connectivity index (χ2v) is 13.4. The fraction of sp³-hybridized carbons (Fsp3) is 0.944. The van der Waals surface area contributed by atoms with Crippen LogP contribution in [0.4, 0.5) is 0 Å². The van der Waals surface area contributed by atoms with Gasteiger partial charge in [-0.2, -0.15) is 0 Å². The molecule has 0 spiro atoms. The molecule has 0 aromatic carbocycles. The van der Waals surface area contributed by atoms with E-state index in [1.54, 1.807) is 0 Å². The average molecular weight is 660 g/mol. The number of carboxylic acids is 1. The van der Waals surface area contributed by atoms with Crippen molar-refractivity contribution >= 4 is 11.9 Å². The van der Waals surface area contributed by atoms with Crippen molar-refractivity contribution in [2.45, 2.75) is 211 Å². The van der Waals surface area contributed by atoms with Crippen LogP contribution in [0.1, 0.15) is 168 Å². The number of aliphatic hydroxyl groups excluding tert-OH is 4. The zero-order valence-corrected chi connectivity index (χ0v) is 29.1. The van der Waals surface area contributed by atoms with Gasteiger partial charge in [0.05, 0.1) is 18.8 Å². The molecule has 1 amide bonds. The summed E-state index contributed by atoms with van der Waals surface area (Å²) in [5, 5.41) is 53.6. The molecule has 1 heterocycles. The summed E-state index contributed by atoms with van der Waals surface area (Å²) in [5.41, 5.74) is 0. The predicted octanol–water partition coefficient (Wildman–Crippen LogP) is 6.14. The number of rotatable bonds is 30. The molecule has 10 nitrogen and oxygen atoms in total. The molecule has 0 bridgehead atoms. The van der Waals surface area contributed by atoms with E-state index in [4.69, 9.17) is 9.47 Å². The Morgan fingerprint density at radius 2 is 1.09 bits per heavy atom. The first-order valence-electron chi connectivity index (χ1n) is 18.7. The molecule has 1 aliphatic rings. The van der Waals surface area contributed by atoms with Crippen LogP contribution in [0.5, 0.6) is 0 Å². The smallest absolute Gasteiger partial charge is 0.335 e. The topological polar surface area (TPSA) is 166 Å². The van der Waals surface area contributed by atoms with Crippen LogP contribution in [0.2, 0.25) is 0 Å². The van der Waals surface area contributed by atoms with Crippen LogP contribution >= 0.6 is 0 Å². The van der Waals surface area contributed by atoms with E-state index in [1.807, 2.05) is 0 Å². The first-order chi connectivity index (χ1) is 22.2. The van der Waals surface area contributed by atoms with Gasteiger partial charge < -0.3 is 40.3 Å². The van der Waals surface area contributed by atoms with Gasteiger partial charge in [0.2, 0.25) is 5.91 Å². The summed E-state index contributed by atoms with van der Waals surface area (Å²) in [6.07, 6.45) is 17.3. The third-order valence-corrected chi connectivity index (χ3v) is 9.17. The largest absolute Gasteiger partial charge is 0.479 e. The van der Waals surface area contributed by atoms with E-state index in [9.17, 15) is 35.1 Å². The number of ether oxygens (including phenoxy) is 2. The van der Waals surface area contributed by atoms with Gasteiger partial charge in [-0.05, 0) is 12.8 Å². The zero-order valence-electron chi connectivity index (χ0n) is 29.1. The number of aliphatic carboxylic acids is 1. The highest BCUT2D eigenvalue weighted by Crippen LogP contribution is 2.23. The highest BCUT2D eigenvalue weighted by atomic mass is 16.7. The number of carbonyl (C=O) groups is 2. The van der Waals surface area contributed by atoms with E-state index in [1.165, 1.54) is 103 Å². The molecule has 2 unspecified atom stereocenters. The summed E-state index contributed by atoms with van der Waals surface area (Å²) >= 11 is 0. The molecule has 1 fully saturated rings. The van der Waals surface area contributed by atoms with Gasteiger partial charge >= 0.3 is 5.97 Å². The zero-order chi connectivity index (χ0) is 34.0. The van der Waals surface area contributed by atoms with Crippen molar-refractivity contribution in [2.24, 2.45) is 0 Å². The highest BCUT2D eigenvalue weighted by Gasteiger charge is 2.47. The van der Waals surface area contributed by atoms with Gasteiger partial charge in [-0.3, -0.25) is 4.79 Å². The van der Waals surface area contributed by atoms with Crippen LogP contribution in [0.25, 0.3) is 0 Å². The molecule has 0 radical (unpaired) electrons. The number of unbranched alkanes of at least 4 members (excludes halogenated alkanes) is 20. The van der Waals surface area contributed by atoms with E-state index in [2.05, 4.69) is 19.2 Å². The van der Waals surface area contributed by atoms with E-state index in [0.29, 0.717) is 12.8 Å². The Kier molecular flexibility index (Phi) is 25.7. The maximum atomic E-state index is 12.8. The van der Waals surface area contributed by atoms with Gasteiger partial charge in [-0.25, -0.2) is 4.79 Å². The molecule has 7 atom stereocenters. The number of nitrogens with one attached hydrogen (secondary N) is 1. The molecule has 1 saturated heterocycles. The average Bonchev–Trinajstić information content (AvgIpc) is 3.03. The van der Waals surface area contributed by atoms with Gasteiger partial charge in [0.1, 0.15) is 18.3 Å². The third kappa shape index (κ3) is 19.5. The van der Waals surface area contributed by atoms with Gasteiger partial charge in [-0.15, -0.1) is 0 Å². The normalized spacial score (nSPS) is 22.9. The first-order valence-corrected chi connectivity index (χ1v) is 18.7. The molecule has 0 aliphatic carbocycles. The lowest BCUT2D eigenvalue weighted by Crippen LogP contribution is -2.61. The molecule has 1 aliphatic heterocycles. The van der Waals surface area contributed by atoms with Gasteiger partial charge in [0.15, 0.2) is 12.4 Å². The van der Waals surface area contributed by atoms with E-state index < -0.39 is 48.8 Å². The summed E-state index contributed by atoms with van der Waals surface area (Å²) < 4.78 is 10.8. The maximum absolute atomic E-state index is 12.8. The van der Waals surface area contributed by atoms with E-state index >= 15 is 0 Å². The van der Waals surface area contributed by atoms with Crippen LogP contribution < -0.4 is 5.32 Å². The Morgan fingerprint density at radius 1 is 0.652 bits per heavy atom. The van der Waals surface area contributed by atoms with Crippen LogP contribution in [-0.4, -0.2) is 86.9 Å². The summed E-state index contributed by atoms with van der Waals surface area (Å²) in [7, 11) is 0. The Morgan fingerprint density at radius 3 is 1.54 bits per heavy atom. The van der Waals surface area contributed by atoms with Gasteiger partial charge in [-0.1, -0.05) is 149 Å². The molecule has 0 saturated carbocycles. The number of amides is 1. The van der Waals surface area contributed by atoms with Crippen molar-refractivity contribution in [1.82, 2.24) is 5.32 Å². The molecule has 46 heavy (non-hydrogen) atoms. The third-order valence-electron chi connectivity index (χ3n) is 9.17. The Hall–Kier alpha value is -1.30. The minimum absolute atomic E-state index is 0.202. The molecule has 0 aromatic heterocycles. The van der Waals surface area contributed by atoms with E-state index in [-0.39, 0.29) is 12.5 Å². The van der Waals surface area contributed by atoms with Crippen molar-refractivity contribution < 1.29 is 44.6 Å². The first kappa shape index (κ1) is 42.7. The second-order valence-electron chi connectivity index (χ2n) is 13.4. The van der Waals surface area contributed by atoms with Crippen molar-refractivity contribution in [1.29, 1.82) is 0 Å². The number of carbonyl (C=O) groups excluding carboxylic acids is 1. The minimum atomic E-state index is -1.82. The molecule has 1 rings (SSSR count). The second kappa shape index (κ2) is 27.6. The summed E-state index contributed by atoms with van der Waals surface area (Å²) in [6, 6.07) is -0.800. The fourth-order valence-electron chi connectivity index (χ4n) is 6.08. The highest BCUT2D eigenvalue weighted by molar-refractivity contribution is 5.76. The lowest BCUT2D eigenvalue weighted by molar-refractivity contribution is -0.295. The summed E-state index contributed by atoms with van der Waals surface area (Å²) in [6.45, 7) is 4.20. The molecular weight excluding hydrogens is 590 g/mol. The quantitative estimate of drug-likeness (QED) is 0.0497. The standard InChI is InChI=1S/C36H69NO9/c1-3-5-7-9-11-13-15-17-19-21-23-25-29(38)28(27-45-36-33(42)31(40)32(41)34(46-36)35(43)44)37-30(39)26-24-22-20-18-16-14-12-10-8-6-4-2/h28-29,31-34,36,38,40-42H,3-27H2,1-2H3,(H,37,39)(H,43,44)/t28?,29?,31-,32-,33+,34-,36-/m0/s1. The molecular formula is C36H69NO9. The summed E-state index contributed by atoms with van der Waals surface area (Å²) in [4.78, 5) is 24.3. The van der Waals surface area contributed by atoms with Crippen LogP contribution in [-0.2, 0) is 19.1 Å². The lowest BCUT2D eigenvalue weighted by atomic mass is 9.99. The fourth-order valence-corrected chi connectivity index (χ4v) is 6.08. The van der Waals surface area contributed by atoms with Gasteiger partial charge in [0.25, 0.3) is 0 Å². The van der Waals surface area contributed by atoms with Gasteiger partial charge in [0, 0.05) is 6.42 Å². The SMILES string of the molecule is CCCCCCCCCCCCCC(=O)NC(CO[C@H]1O[C@H](C(=O)O)[C@@H](O)[C@H](O)[C@H]1O)C(O)CCCCCCCCCCCCC. The number of carboxylic acid groups (broad SMARTS) is 1. The predicted molar refractivity (Wildman–Crippen MR) is 180 cm³/mol. The number of hydrogen-bond donors (Lipinski definition) is 6. The molecule has 6 N–H and O–H groups in total. The van der Waals surface area contributed by atoms with Crippen molar-refractivity contribution in [3.05, 3.63) is 0 Å². The molecule has 0 aromatic rings. The molecule has 10 heteroatoms. The lowest BCUT2D eigenvalue weighted by Gasteiger charge is -2.39. The molecule has 272 valence electrons. The maximum Gasteiger partial charge on any atom is 0.335 e. The van der Waals surface area contributed by atoms with Crippen LogP contribution in [0, 0.1) is 0 Å². The van der Waals surface area contributed by atoms with Crippen molar-refractivity contribution in [3.8, 4) is 0 Å².